The highest BCUT2D eigenvalue weighted by Crippen LogP contribution is 2.28. The van der Waals surface area contributed by atoms with Gasteiger partial charge in [-0.15, -0.1) is 8.75 Å². The lowest BCUT2D eigenvalue weighted by atomic mass is 10.1. The minimum absolute atomic E-state index is 0.422. The standard InChI is InChI=1S/C28H44N6O7S2/c1-33-7-3-5-23(21-33)25-27(31-42-29-25)40-19-17-38-15-13-36-11-9-35-10-12-37-14-16-39-18-20-41-28-26(30-43-32-28)24-6-4-8-34(2)22-24/h5-6H,3-4,7-22H2,1-2H3. The number of aromatic nitrogens is 4. The predicted octanol–water partition coefficient (Wildman–Crippen LogP) is 2.37. The Labute approximate surface area is 262 Å². The minimum Gasteiger partial charge on any atom is -0.473 e. The van der Waals surface area contributed by atoms with Crippen LogP contribution in [0.15, 0.2) is 12.2 Å². The second-order valence-corrected chi connectivity index (χ2v) is 11.2. The molecule has 15 heteroatoms. The lowest BCUT2D eigenvalue weighted by molar-refractivity contribution is -0.0142. The van der Waals surface area contributed by atoms with Crippen molar-refractivity contribution in [1.82, 2.24) is 27.3 Å². The van der Waals surface area contributed by atoms with Gasteiger partial charge in [0.15, 0.2) is 0 Å². The number of nitrogens with zero attached hydrogens (tertiary/aromatic N) is 6. The smallest absolute Gasteiger partial charge is 0.253 e. The molecule has 2 aliphatic rings. The highest BCUT2D eigenvalue weighted by Gasteiger charge is 2.19. The lowest BCUT2D eigenvalue weighted by Gasteiger charge is -2.22. The minimum atomic E-state index is 0.422. The number of hydrogen-bond acceptors (Lipinski definition) is 15. The zero-order chi connectivity index (χ0) is 30.0. The second kappa shape index (κ2) is 20.0. The number of ether oxygens (including phenoxy) is 7. The van der Waals surface area contributed by atoms with E-state index in [1.807, 2.05) is 0 Å². The molecule has 2 aromatic heterocycles. The summed E-state index contributed by atoms with van der Waals surface area (Å²) in [6.07, 6.45) is 6.47. The van der Waals surface area contributed by atoms with Crippen LogP contribution in [0.5, 0.6) is 11.8 Å². The van der Waals surface area contributed by atoms with Crippen molar-refractivity contribution in [2.45, 2.75) is 12.8 Å². The number of hydrogen-bond donors (Lipinski definition) is 0. The first-order valence-corrected chi connectivity index (χ1v) is 16.2. The van der Waals surface area contributed by atoms with E-state index in [4.69, 9.17) is 33.2 Å². The number of likely N-dealkylation sites (N-methyl/N-ethyl adjacent to an activating group) is 2. The topological polar surface area (TPSA) is 123 Å². The van der Waals surface area contributed by atoms with E-state index in [0.717, 1.165) is 50.4 Å². The molecule has 0 bridgehead atoms. The van der Waals surface area contributed by atoms with Gasteiger partial charge in [0.2, 0.25) is 0 Å². The third kappa shape index (κ3) is 12.4. The van der Waals surface area contributed by atoms with Crippen LogP contribution in [0, 0.1) is 0 Å². The van der Waals surface area contributed by atoms with Crippen LogP contribution in [0.2, 0.25) is 0 Å². The van der Waals surface area contributed by atoms with Crippen LogP contribution in [0.4, 0.5) is 0 Å². The quantitative estimate of drug-likeness (QED) is 0.175. The van der Waals surface area contributed by atoms with Crippen LogP contribution in [0.3, 0.4) is 0 Å². The highest BCUT2D eigenvalue weighted by molar-refractivity contribution is 6.99. The summed E-state index contributed by atoms with van der Waals surface area (Å²) < 4.78 is 56.8. The van der Waals surface area contributed by atoms with Crippen LogP contribution in [0.25, 0.3) is 11.1 Å². The van der Waals surface area contributed by atoms with Crippen molar-refractivity contribution in [2.24, 2.45) is 0 Å². The van der Waals surface area contributed by atoms with Crippen LogP contribution >= 0.6 is 23.5 Å². The summed E-state index contributed by atoms with van der Waals surface area (Å²) in [5, 5.41) is 0. The van der Waals surface area contributed by atoms with Gasteiger partial charge in [-0.3, -0.25) is 0 Å². The first-order valence-electron chi connectivity index (χ1n) is 14.8. The maximum atomic E-state index is 5.79. The summed E-state index contributed by atoms with van der Waals surface area (Å²) in [5.41, 5.74) is 4.04. The van der Waals surface area contributed by atoms with E-state index in [-0.39, 0.29) is 0 Å². The molecule has 0 amide bonds. The maximum absolute atomic E-state index is 5.79. The van der Waals surface area contributed by atoms with E-state index in [0.29, 0.717) is 91.0 Å². The third-order valence-electron chi connectivity index (χ3n) is 6.63. The van der Waals surface area contributed by atoms with E-state index < -0.39 is 0 Å². The van der Waals surface area contributed by atoms with Gasteiger partial charge in [0.05, 0.1) is 89.5 Å². The van der Waals surface area contributed by atoms with Gasteiger partial charge in [-0.2, -0.15) is 8.75 Å². The van der Waals surface area contributed by atoms with Gasteiger partial charge in [-0.25, -0.2) is 0 Å². The molecule has 0 aliphatic carbocycles. The fourth-order valence-corrected chi connectivity index (χ4v) is 5.51. The SMILES string of the molecule is CN1CCC=C(c2nsnc2OCCOCCOCCOCCOCCOCCOc2nsnc2C2=CCCN(C)C2)C1. The first-order chi connectivity index (χ1) is 21.2. The van der Waals surface area contributed by atoms with E-state index >= 15 is 0 Å². The van der Waals surface area contributed by atoms with Crippen molar-refractivity contribution in [1.29, 1.82) is 0 Å². The van der Waals surface area contributed by atoms with Gasteiger partial charge in [0.25, 0.3) is 11.8 Å². The largest absolute Gasteiger partial charge is 0.473 e. The molecule has 4 rings (SSSR count). The molecule has 4 heterocycles. The van der Waals surface area contributed by atoms with E-state index in [1.54, 1.807) is 0 Å². The average Bonchev–Trinajstić information content (AvgIpc) is 3.68. The van der Waals surface area contributed by atoms with Gasteiger partial charge in [0.1, 0.15) is 24.6 Å². The zero-order valence-electron chi connectivity index (χ0n) is 25.2. The van der Waals surface area contributed by atoms with Crippen molar-refractivity contribution >= 4 is 34.6 Å². The van der Waals surface area contributed by atoms with E-state index in [9.17, 15) is 0 Å². The van der Waals surface area contributed by atoms with Gasteiger partial charge >= 0.3 is 0 Å². The lowest BCUT2D eigenvalue weighted by Crippen LogP contribution is -2.25. The molecule has 240 valence electrons. The summed E-state index contributed by atoms with van der Waals surface area (Å²) in [5.74, 6) is 1.18. The van der Waals surface area contributed by atoms with Gasteiger partial charge in [-0.1, -0.05) is 12.2 Å². The van der Waals surface area contributed by atoms with Crippen molar-refractivity contribution in [3.05, 3.63) is 23.5 Å². The molecule has 2 aromatic rings. The van der Waals surface area contributed by atoms with Crippen molar-refractivity contribution in [2.75, 3.05) is 120 Å². The summed E-state index contributed by atoms with van der Waals surface area (Å²) in [6.45, 7) is 9.63. The molecular weight excluding hydrogens is 596 g/mol. The van der Waals surface area contributed by atoms with Crippen LogP contribution < -0.4 is 9.47 Å². The van der Waals surface area contributed by atoms with Gasteiger partial charge in [-0.05, 0) is 38.1 Å². The Morgan fingerprint density at radius 3 is 1.23 bits per heavy atom. The van der Waals surface area contributed by atoms with E-state index in [1.165, 1.54) is 34.6 Å². The first kappa shape index (κ1) is 33.8. The molecule has 2 aliphatic heterocycles. The zero-order valence-corrected chi connectivity index (χ0v) is 26.9. The van der Waals surface area contributed by atoms with Crippen molar-refractivity contribution in [3.63, 3.8) is 0 Å². The molecule has 0 spiro atoms. The predicted molar refractivity (Wildman–Crippen MR) is 165 cm³/mol. The molecular formula is C28H44N6O7S2. The van der Waals surface area contributed by atoms with Crippen LogP contribution in [0.1, 0.15) is 24.2 Å². The van der Waals surface area contributed by atoms with E-state index in [2.05, 4.69) is 53.5 Å². The summed E-state index contributed by atoms with van der Waals surface area (Å²) >= 11 is 2.35. The summed E-state index contributed by atoms with van der Waals surface area (Å²) in [4.78, 5) is 4.53. The average molecular weight is 641 g/mol. The Bertz CT molecular complexity index is 1030. The normalized spacial score (nSPS) is 16.3. The van der Waals surface area contributed by atoms with Crippen molar-refractivity contribution < 1.29 is 33.2 Å². The molecule has 0 saturated heterocycles. The molecule has 0 saturated carbocycles. The van der Waals surface area contributed by atoms with Crippen LogP contribution in [-0.2, 0) is 23.7 Å². The summed E-state index contributed by atoms with van der Waals surface area (Å²) in [6, 6.07) is 0. The Balaban J connectivity index is 0.885. The van der Waals surface area contributed by atoms with Crippen LogP contribution in [-0.4, -0.2) is 147 Å². The van der Waals surface area contributed by atoms with Gasteiger partial charge < -0.3 is 43.0 Å². The Kier molecular flexibility index (Phi) is 15.8. The Hall–Kier alpha value is -2.08. The highest BCUT2D eigenvalue weighted by atomic mass is 32.1. The Morgan fingerprint density at radius 1 is 0.535 bits per heavy atom. The molecule has 43 heavy (non-hydrogen) atoms. The third-order valence-corrected chi connectivity index (χ3v) is 7.65. The molecule has 13 nitrogen and oxygen atoms in total. The molecule has 0 atom stereocenters. The number of rotatable bonds is 22. The molecule has 0 unspecified atom stereocenters. The molecule has 0 aromatic carbocycles. The fraction of sp³-hybridized carbons (Fsp3) is 0.714. The fourth-order valence-electron chi connectivity index (χ4n) is 4.45. The molecule has 0 radical (unpaired) electrons. The molecule has 0 fully saturated rings. The second-order valence-electron chi connectivity index (χ2n) is 10.1. The van der Waals surface area contributed by atoms with Gasteiger partial charge in [0, 0.05) is 26.2 Å². The molecule has 0 N–H and O–H groups in total. The van der Waals surface area contributed by atoms with Crippen molar-refractivity contribution in [3.8, 4) is 11.8 Å². The Morgan fingerprint density at radius 2 is 0.884 bits per heavy atom. The monoisotopic (exact) mass is 640 g/mol. The summed E-state index contributed by atoms with van der Waals surface area (Å²) in [7, 11) is 4.21. The maximum Gasteiger partial charge on any atom is 0.253 e.